The molecule has 1 aliphatic carbocycles. The van der Waals surface area contributed by atoms with Gasteiger partial charge >= 0.3 is 18.2 Å². The molecule has 2 N–H and O–H groups in total. The van der Waals surface area contributed by atoms with Crippen molar-refractivity contribution in [2.45, 2.75) is 38.3 Å². The largest absolute Gasteiger partial charge is 0.480 e. The number of benzene rings is 2. The lowest BCUT2D eigenvalue weighted by atomic mass is 9.98. The molecule has 8 heteroatoms. The fraction of sp³-hybridized carbons (Fsp3) is 0.375. The van der Waals surface area contributed by atoms with Gasteiger partial charge in [-0.1, -0.05) is 48.5 Å². The van der Waals surface area contributed by atoms with Crippen molar-refractivity contribution >= 4 is 18.2 Å². The summed E-state index contributed by atoms with van der Waals surface area (Å²) in [5.41, 5.74) is 3.60. The maximum atomic E-state index is 12.6. The molecule has 0 aliphatic heterocycles. The van der Waals surface area contributed by atoms with Crippen molar-refractivity contribution in [3.05, 3.63) is 59.7 Å². The standard InChI is InChI=1S/C24H28N2O6/c1-24(2,3)32-22(29)25-13-20(21(27)28)26(4)23(30)31-14-19-17-11-7-5-9-15(17)16-10-6-8-12-18(16)19/h5-12,19-20H,13-14H2,1-4H3,(H,25,29)(H,27,28). The molecule has 2 aromatic rings. The molecule has 2 amide bonds. The summed E-state index contributed by atoms with van der Waals surface area (Å²) in [4.78, 5) is 37.1. The number of ether oxygens (including phenoxy) is 2. The number of carboxylic acids is 1. The molecule has 3 rings (SSSR count). The van der Waals surface area contributed by atoms with Gasteiger partial charge in [-0.3, -0.25) is 4.90 Å². The van der Waals surface area contributed by atoms with E-state index >= 15 is 0 Å². The molecule has 0 aromatic heterocycles. The van der Waals surface area contributed by atoms with Crippen molar-refractivity contribution in [1.29, 1.82) is 0 Å². The Hall–Kier alpha value is -3.55. The van der Waals surface area contributed by atoms with Crippen LogP contribution in [0, 0.1) is 0 Å². The smallest absolute Gasteiger partial charge is 0.410 e. The minimum Gasteiger partial charge on any atom is -0.480 e. The average Bonchev–Trinajstić information content (AvgIpc) is 3.04. The number of rotatable bonds is 6. The predicted octanol–water partition coefficient (Wildman–Crippen LogP) is 3.85. The Morgan fingerprint density at radius 3 is 2.06 bits per heavy atom. The van der Waals surface area contributed by atoms with E-state index in [0.717, 1.165) is 27.2 Å². The zero-order chi connectivity index (χ0) is 23.5. The van der Waals surface area contributed by atoms with Gasteiger partial charge in [0.25, 0.3) is 0 Å². The van der Waals surface area contributed by atoms with E-state index in [1.165, 1.54) is 7.05 Å². The van der Waals surface area contributed by atoms with Crippen molar-refractivity contribution in [2.75, 3.05) is 20.2 Å². The average molecular weight is 440 g/mol. The van der Waals surface area contributed by atoms with Gasteiger partial charge in [0.2, 0.25) is 0 Å². The van der Waals surface area contributed by atoms with Gasteiger partial charge in [-0.2, -0.15) is 0 Å². The van der Waals surface area contributed by atoms with Crippen LogP contribution in [-0.2, 0) is 14.3 Å². The number of nitrogens with one attached hydrogen (secondary N) is 1. The topological polar surface area (TPSA) is 105 Å². The highest BCUT2D eigenvalue weighted by molar-refractivity contribution is 5.81. The minimum absolute atomic E-state index is 0.0725. The number of likely N-dealkylation sites (N-methyl/N-ethyl adjacent to an activating group) is 1. The fourth-order valence-corrected chi connectivity index (χ4v) is 3.71. The molecular weight excluding hydrogens is 412 g/mol. The second-order valence-corrected chi connectivity index (χ2v) is 8.65. The first kappa shape index (κ1) is 23.1. The summed E-state index contributed by atoms with van der Waals surface area (Å²) in [6, 6.07) is 14.6. The molecular formula is C24H28N2O6. The van der Waals surface area contributed by atoms with E-state index in [0.29, 0.717) is 0 Å². The lowest BCUT2D eigenvalue weighted by molar-refractivity contribution is -0.142. The molecule has 0 radical (unpaired) electrons. The second-order valence-electron chi connectivity index (χ2n) is 8.65. The number of carbonyl (C=O) groups excluding carboxylic acids is 2. The summed E-state index contributed by atoms with van der Waals surface area (Å²) in [6.07, 6.45) is -1.55. The van der Waals surface area contributed by atoms with Gasteiger partial charge in [0.15, 0.2) is 0 Å². The highest BCUT2D eigenvalue weighted by atomic mass is 16.6. The third kappa shape index (κ3) is 5.19. The number of aliphatic carboxylic acids is 1. The number of carboxylic acid groups (broad SMARTS) is 1. The predicted molar refractivity (Wildman–Crippen MR) is 118 cm³/mol. The number of nitrogens with zero attached hydrogens (tertiary/aromatic N) is 1. The van der Waals surface area contributed by atoms with Gasteiger partial charge in [-0.15, -0.1) is 0 Å². The van der Waals surface area contributed by atoms with Crippen LogP contribution in [0.5, 0.6) is 0 Å². The van der Waals surface area contributed by atoms with Crippen molar-refractivity contribution in [1.82, 2.24) is 10.2 Å². The fourth-order valence-electron chi connectivity index (χ4n) is 3.71. The van der Waals surface area contributed by atoms with E-state index in [4.69, 9.17) is 9.47 Å². The Morgan fingerprint density at radius 2 is 1.56 bits per heavy atom. The monoisotopic (exact) mass is 440 g/mol. The number of fused-ring (bicyclic) bond motifs is 3. The SMILES string of the molecule is CN(C(=O)OCC1c2ccccc2-c2ccccc21)C(CNC(=O)OC(C)(C)C)C(=O)O. The van der Waals surface area contributed by atoms with E-state index in [1.807, 2.05) is 48.5 Å². The Kier molecular flexibility index (Phi) is 6.72. The number of alkyl carbamates (subject to hydrolysis) is 1. The number of amides is 2. The van der Waals surface area contributed by atoms with E-state index < -0.39 is 29.8 Å². The quantitative estimate of drug-likeness (QED) is 0.707. The normalized spacial score (nSPS) is 13.5. The molecule has 1 unspecified atom stereocenters. The van der Waals surface area contributed by atoms with Crippen molar-refractivity contribution in [3.8, 4) is 11.1 Å². The summed E-state index contributed by atoms with van der Waals surface area (Å²) in [7, 11) is 1.33. The molecule has 170 valence electrons. The summed E-state index contributed by atoms with van der Waals surface area (Å²) >= 11 is 0. The zero-order valence-electron chi connectivity index (χ0n) is 18.6. The van der Waals surface area contributed by atoms with E-state index in [-0.39, 0.29) is 19.1 Å². The maximum absolute atomic E-state index is 12.6. The van der Waals surface area contributed by atoms with E-state index in [9.17, 15) is 19.5 Å². The van der Waals surface area contributed by atoms with Crippen LogP contribution in [0.3, 0.4) is 0 Å². The maximum Gasteiger partial charge on any atom is 0.410 e. The summed E-state index contributed by atoms with van der Waals surface area (Å²) in [5.74, 6) is -1.40. The molecule has 0 saturated heterocycles. The molecule has 32 heavy (non-hydrogen) atoms. The zero-order valence-corrected chi connectivity index (χ0v) is 18.6. The molecule has 0 saturated carbocycles. The van der Waals surface area contributed by atoms with Crippen LogP contribution in [0.2, 0.25) is 0 Å². The summed E-state index contributed by atoms with van der Waals surface area (Å²) in [5, 5.41) is 11.9. The first-order valence-corrected chi connectivity index (χ1v) is 10.4. The molecule has 0 spiro atoms. The molecule has 8 nitrogen and oxygen atoms in total. The molecule has 1 atom stereocenters. The Morgan fingerprint density at radius 1 is 1.03 bits per heavy atom. The van der Waals surface area contributed by atoms with Crippen molar-refractivity contribution in [3.63, 3.8) is 0 Å². The van der Waals surface area contributed by atoms with Gasteiger partial charge in [0, 0.05) is 13.0 Å². The summed E-state index contributed by atoms with van der Waals surface area (Å²) in [6.45, 7) is 4.85. The third-order valence-corrected chi connectivity index (χ3v) is 5.22. The van der Waals surface area contributed by atoms with Crippen LogP contribution in [0.15, 0.2) is 48.5 Å². The first-order valence-electron chi connectivity index (χ1n) is 10.4. The van der Waals surface area contributed by atoms with Gasteiger partial charge in [-0.05, 0) is 43.0 Å². The van der Waals surface area contributed by atoms with Crippen LogP contribution < -0.4 is 5.32 Å². The highest BCUT2D eigenvalue weighted by Crippen LogP contribution is 2.44. The van der Waals surface area contributed by atoms with Crippen LogP contribution in [0.4, 0.5) is 9.59 Å². The van der Waals surface area contributed by atoms with Gasteiger partial charge in [-0.25, -0.2) is 14.4 Å². The van der Waals surface area contributed by atoms with Crippen molar-refractivity contribution in [2.24, 2.45) is 0 Å². The molecule has 1 aliphatic rings. The second kappa shape index (κ2) is 9.30. The van der Waals surface area contributed by atoms with Gasteiger partial charge in [0.1, 0.15) is 18.2 Å². The Bertz CT molecular complexity index is 968. The number of hydrogen-bond acceptors (Lipinski definition) is 5. The lowest BCUT2D eigenvalue weighted by Crippen LogP contribution is -2.50. The highest BCUT2D eigenvalue weighted by Gasteiger charge is 2.32. The van der Waals surface area contributed by atoms with Gasteiger partial charge in [0.05, 0.1) is 6.54 Å². The molecule has 0 heterocycles. The minimum atomic E-state index is -1.31. The van der Waals surface area contributed by atoms with E-state index in [1.54, 1.807) is 20.8 Å². The van der Waals surface area contributed by atoms with Crippen LogP contribution >= 0.6 is 0 Å². The summed E-state index contributed by atoms with van der Waals surface area (Å²) < 4.78 is 10.6. The van der Waals surface area contributed by atoms with E-state index in [2.05, 4.69) is 5.32 Å². The van der Waals surface area contributed by atoms with Crippen LogP contribution in [0.1, 0.15) is 37.8 Å². The lowest BCUT2D eigenvalue weighted by Gasteiger charge is -2.26. The number of hydrogen-bond donors (Lipinski definition) is 2. The molecule has 0 fully saturated rings. The van der Waals surface area contributed by atoms with Crippen LogP contribution in [0.25, 0.3) is 11.1 Å². The molecule has 0 bridgehead atoms. The third-order valence-electron chi connectivity index (χ3n) is 5.22. The number of carbonyl (C=O) groups is 3. The van der Waals surface area contributed by atoms with Crippen LogP contribution in [-0.4, -0.2) is 60.0 Å². The van der Waals surface area contributed by atoms with Gasteiger partial charge < -0.3 is 19.9 Å². The molecule has 2 aromatic carbocycles. The van der Waals surface area contributed by atoms with Crippen molar-refractivity contribution < 1.29 is 29.0 Å². The Labute approximate surface area is 187 Å². The Balaban J connectivity index is 1.64. The first-order chi connectivity index (χ1) is 15.1.